The van der Waals surface area contributed by atoms with E-state index in [1.165, 1.54) is 12.8 Å². The molecular weight excluding hydrogens is 402 g/mol. The highest BCUT2D eigenvalue weighted by Crippen LogP contribution is 2.37. The molecule has 0 heterocycles. The van der Waals surface area contributed by atoms with E-state index in [1.807, 2.05) is 37.3 Å². The largest absolute Gasteiger partial charge is 0.490 e. The Morgan fingerprint density at radius 1 is 1.12 bits per heavy atom. The van der Waals surface area contributed by atoms with E-state index in [-0.39, 0.29) is 0 Å². The lowest BCUT2D eigenvalue weighted by atomic mass is 10.2. The van der Waals surface area contributed by atoms with E-state index in [4.69, 9.17) is 21.1 Å². The standard InChI is InChI=1S/C20H25BrClNO2/c1-3-5-10-23-13-15-11-17(21)20(19(12-15)24-4-2)25-14-16-8-6-7-9-18(16)22/h6-9,11-12,23H,3-5,10,13-14H2,1-2H3. The predicted molar refractivity (Wildman–Crippen MR) is 108 cm³/mol. The van der Waals surface area contributed by atoms with Gasteiger partial charge in [-0.2, -0.15) is 0 Å². The van der Waals surface area contributed by atoms with Gasteiger partial charge in [-0.15, -0.1) is 0 Å². The van der Waals surface area contributed by atoms with E-state index in [0.29, 0.717) is 24.0 Å². The SMILES string of the molecule is CCCCNCc1cc(Br)c(OCc2ccccc2Cl)c(OCC)c1. The number of nitrogens with one attached hydrogen (secondary N) is 1. The topological polar surface area (TPSA) is 30.5 Å². The zero-order valence-corrected chi connectivity index (χ0v) is 17.1. The monoisotopic (exact) mass is 425 g/mol. The van der Waals surface area contributed by atoms with Gasteiger partial charge >= 0.3 is 0 Å². The second-order valence-electron chi connectivity index (χ2n) is 5.75. The molecule has 0 unspecified atom stereocenters. The minimum absolute atomic E-state index is 0.395. The molecule has 1 N–H and O–H groups in total. The summed E-state index contributed by atoms with van der Waals surface area (Å²) in [5.74, 6) is 1.45. The lowest BCUT2D eigenvalue weighted by molar-refractivity contribution is 0.267. The highest BCUT2D eigenvalue weighted by Gasteiger charge is 2.13. The molecule has 0 aromatic heterocycles. The first-order chi connectivity index (χ1) is 12.2. The van der Waals surface area contributed by atoms with Crippen LogP contribution in [0.5, 0.6) is 11.5 Å². The summed E-state index contributed by atoms with van der Waals surface area (Å²) in [5.41, 5.74) is 2.11. The Balaban J connectivity index is 2.11. The summed E-state index contributed by atoms with van der Waals surface area (Å²) < 4.78 is 12.7. The van der Waals surface area contributed by atoms with Crippen LogP contribution in [0.2, 0.25) is 5.02 Å². The molecule has 0 bridgehead atoms. The number of unbranched alkanes of at least 4 members (excludes halogenated alkanes) is 1. The third-order valence-corrected chi connectivity index (χ3v) is 4.69. The number of rotatable bonds is 10. The van der Waals surface area contributed by atoms with Crippen LogP contribution in [0.3, 0.4) is 0 Å². The Labute approximate surface area is 163 Å². The van der Waals surface area contributed by atoms with Crippen molar-refractivity contribution < 1.29 is 9.47 Å². The number of hydrogen-bond acceptors (Lipinski definition) is 3. The summed E-state index contributed by atoms with van der Waals surface area (Å²) in [6.45, 7) is 6.97. The molecule has 2 rings (SSSR count). The van der Waals surface area contributed by atoms with Crippen molar-refractivity contribution in [2.45, 2.75) is 39.8 Å². The van der Waals surface area contributed by atoms with Crippen molar-refractivity contribution in [3.05, 3.63) is 57.0 Å². The molecule has 5 heteroatoms. The average Bonchev–Trinajstić information content (AvgIpc) is 2.60. The Bertz CT molecular complexity index is 679. The van der Waals surface area contributed by atoms with Gasteiger partial charge in [0.25, 0.3) is 0 Å². The van der Waals surface area contributed by atoms with Gasteiger partial charge in [0.05, 0.1) is 11.1 Å². The second-order valence-corrected chi connectivity index (χ2v) is 7.01. The van der Waals surface area contributed by atoms with Crippen molar-refractivity contribution in [1.29, 1.82) is 0 Å². The number of hydrogen-bond donors (Lipinski definition) is 1. The van der Waals surface area contributed by atoms with E-state index in [1.54, 1.807) is 0 Å². The van der Waals surface area contributed by atoms with E-state index in [9.17, 15) is 0 Å². The molecule has 0 spiro atoms. The maximum atomic E-state index is 6.21. The first-order valence-corrected chi connectivity index (χ1v) is 9.85. The second kappa shape index (κ2) is 10.7. The van der Waals surface area contributed by atoms with Gasteiger partial charge in [-0.1, -0.05) is 43.1 Å². The van der Waals surface area contributed by atoms with E-state index in [0.717, 1.165) is 34.4 Å². The molecule has 0 aliphatic rings. The molecule has 0 atom stereocenters. The molecule has 0 saturated carbocycles. The molecule has 2 aromatic carbocycles. The first-order valence-electron chi connectivity index (χ1n) is 8.67. The quantitative estimate of drug-likeness (QED) is 0.475. The highest BCUT2D eigenvalue weighted by atomic mass is 79.9. The summed E-state index contributed by atoms with van der Waals surface area (Å²) in [6, 6.07) is 11.8. The molecule has 0 amide bonds. The fourth-order valence-electron chi connectivity index (χ4n) is 2.43. The van der Waals surface area contributed by atoms with Gasteiger partial charge in [0, 0.05) is 17.1 Å². The maximum absolute atomic E-state index is 6.21. The third kappa shape index (κ3) is 6.21. The fourth-order valence-corrected chi connectivity index (χ4v) is 3.22. The summed E-state index contributed by atoms with van der Waals surface area (Å²) in [6.07, 6.45) is 2.37. The predicted octanol–water partition coefficient (Wildman–Crippen LogP) is 5.97. The van der Waals surface area contributed by atoms with Gasteiger partial charge in [-0.05, 0) is 59.6 Å². The maximum Gasteiger partial charge on any atom is 0.175 e. The van der Waals surface area contributed by atoms with Crippen LogP contribution in [0.4, 0.5) is 0 Å². The van der Waals surface area contributed by atoms with E-state index >= 15 is 0 Å². The lowest BCUT2D eigenvalue weighted by Crippen LogP contribution is -2.14. The van der Waals surface area contributed by atoms with Crippen molar-refractivity contribution in [2.75, 3.05) is 13.2 Å². The van der Waals surface area contributed by atoms with Crippen LogP contribution in [-0.4, -0.2) is 13.2 Å². The summed E-state index contributed by atoms with van der Waals surface area (Å²) in [4.78, 5) is 0. The number of halogens is 2. The molecule has 25 heavy (non-hydrogen) atoms. The minimum Gasteiger partial charge on any atom is -0.490 e. The summed E-state index contributed by atoms with van der Waals surface area (Å²) in [7, 11) is 0. The molecule has 136 valence electrons. The number of benzene rings is 2. The van der Waals surface area contributed by atoms with Crippen LogP contribution >= 0.6 is 27.5 Å². The van der Waals surface area contributed by atoms with Crippen molar-refractivity contribution in [3.63, 3.8) is 0 Å². The van der Waals surface area contributed by atoms with Gasteiger partial charge in [0.1, 0.15) is 6.61 Å². The zero-order valence-electron chi connectivity index (χ0n) is 14.8. The van der Waals surface area contributed by atoms with Crippen molar-refractivity contribution in [2.24, 2.45) is 0 Å². The van der Waals surface area contributed by atoms with Crippen molar-refractivity contribution in [3.8, 4) is 11.5 Å². The highest BCUT2D eigenvalue weighted by molar-refractivity contribution is 9.10. The van der Waals surface area contributed by atoms with Crippen LogP contribution in [-0.2, 0) is 13.2 Å². The van der Waals surface area contributed by atoms with Crippen LogP contribution in [0.25, 0.3) is 0 Å². The lowest BCUT2D eigenvalue weighted by Gasteiger charge is -2.16. The first kappa shape index (κ1) is 20.1. The van der Waals surface area contributed by atoms with Crippen LogP contribution in [0.1, 0.15) is 37.8 Å². The Morgan fingerprint density at radius 2 is 1.92 bits per heavy atom. The molecular formula is C20H25BrClNO2. The zero-order chi connectivity index (χ0) is 18.1. The van der Waals surface area contributed by atoms with Crippen molar-refractivity contribution >= 4 is 27.5 Å². The minimum atomic E-state index is 0.395. The average molecular weight is 427 g/mol. The van der Waals surface area contributed by atoms with Crippen molar-refractivity contribution in [1.82, 2.24) is 5.32 Å². The summed E-state index contributed by atoms with van der Waals surface area (Å²) >= 11 is 9.83. The molecule has 0 radical (unpaired) electrons. The van der Waals surface area contributed by atoms with Crippen LogP contribution in [0.15, 0.2) is 40.9 Å². The normalized spacial score (nSPS) is 10.7. The summed E-state index contributed by atoms with van der Waals surface area (Å²) in [5, 5.41) is 4.15. The van der Waals surface area contributed by atoms with E-state index in [2.05, 4.69) is 34.2 Å². The third-order valence-electron chi connectivity index (χ3n) is 3.74. The fraction of sp³-hybridized carbons (Fsp3) is 0.400. The molecule has 0 saturated heterocycles. The molecule has 0 aliphatic heterocycles. The Morgan fingerprint density at radius 3 is 2.64 bits per heavy atom. The number of ether oxygens (including phenoxy) is 2. The van der Waals surface area contributed by atoms with Gasteiger partial charge in [0.2, 0.25) is 0 Å². The van der Waals surface area contributed by atoms with Crippen LogP contribution in [0, 0.1) is 0 Å². The van der Waals surface area contributed by atoms with Gasteiger partial charge in [-0.25, -0.2) is 0 Å². The van der Waals surface area contributed by atoms with Gasteiger partial charge in [0.15, 0.2) is 11.5 Å². The Kier molecular flexibility index (Phi) is 8.59. The Hall–Kier alpha value is -1.23. The van der Waals surface area contributed by atoms with Crippen LogP contribution < -0.4 is 14.8 Å². The molecule has 0 fully saturated rings. The molecule has 3 nitrogen and oxygen atoms in total. The molecule has 0 aliphatic carbocycles. The smallest absolute Gasteiger partial charge is 0.175 e. The van der Waals surface area contributed by atoms with Gasteiger partial charge in [-0.3, -0.25) is 0 Å². The van der Waals surface area contributed by atoms with E-state index < -0.39 is 0 Å². The molecule has 2 aromatic rings. The van der Waals surface area contributed by atoms with Gasteiger partial charge < -0.3 is 14.8 Å².